The molecular formula is C60H36N6. The molecule has 0 radical (unpaired) electrons. The first-order chi connectivity index (χ1) is 32.6. The van der Waals surface area contributed by atoms with Gasteiger partial charge in [0.15, 0.2) is 11.5 Å². The Morgan fingerprint density at radius 2 is 0.924 bits per heavy atom. The number of rotatable bonds is 7. The topological polar surface area (TPSA) is 63.8 Å². The maximum absolute atomic E-state index is 9.83. The lowest BCUT2D eigenvalue weighted by Gasteiger charge is -2.20. The Kier molecular flexibility index (Phi) is 9.16. The Bertz CT molecular complexity index is 3820. The first kappa shape index (κ1) is 38.3. The molecule has 0 spiro atoms. The van der Waals surface area contributed by atoms with Crippen LogP contribution in [0.4, 0.5) is 5.69 Å². The van der Waals surface area contributed by atoms with Gasteiger partial charge in [-0.25, -0.2) is 14.8 Å². The van der Waals surface area contributed by atoms with Crippen molar-refractivity contribution in [2.75, 3.05) is 0 Å². The van der Waals surface area contributed by atoms with Crippen molar-refractivity contribution in [1.82, 2.24) is 19.1 Å². The first-order valence-corrected chi connectivity index (χ1v) is 21.8. The van der Waals surface area contributed by atoms with Gasteiger partial charge in [-0.15, -0.1) is 0 Å². The fourth-order valence-corrected chi connectivity index (χ4v) is 9.57. The van der Waals surface area contributed by atoms with E-state index in [0.717, 1.165) is 94.5 Å². The van der Waals surface area contributed by atoms with Gasteiger partial charge in [-0.05, 0) is 83.9 Å². The summed E-state index contributed by atoms with van der Waals surface area (Å²) in [6.45, 7) is 7.72. The van der Waals surface area contributed by atoms with Crippen molar-refractivity contribution in [2.45, 2.75) is 0 Å². The van der Waals surface area contributed by atoms with Crippen LogP contribution in [-0.4, -0.2) is 19.1 Å². The lowest BCUT2D eigenvalue weighted by molar-refractivity contribution is 1.16. The zero-order valence-electron chi connectivity index (χ0n) is 35.5. The average molecular weight is 841 g/mol. The molecular weight excluding hydrogens is 805 g/mol. The summed E-state index contributed by atoms with van der Waals surface area (Å²) >= 11 is 0. The summed E-state index contributed by atoms with van der Waals surface area (Å²) in [5.41, 5.74) is 15.7. The highest BCUT2D eigenvalue weighted by Crippen LogP contribution is 2.43. The third kappa shape index (κ3) is 6.41. The molecule has 0 amide bonds. The summed E-state index contributed by atoms with van der Waals surface area (Å²) in [6, 6.07) is 77.8. The molecule has 0 aliphatic rings. The largest absolute Gasteiger partial charge is 0.309 e. The predicted octanol–water partition coefficient (Wildman–Crippen LogP) is 15.4. The molecule has 6 heteroatoms. The van der Waals surface area contributed by atoms with E-state index in [-0.39, 0.29) is 0 Å². The fourth-order valence-electron chi connectivity index (χ4n) is 9.57. The summed E-state index contributed by atoms with van der Waals surface area (Å²) in [5, 5.41) is 14.4. The molecule has 3 heterocycles. The van der Waals surface area contributed by atoms with E-state index in [2.05, 4.69) is 184 Å². The van der Waals surface area contributed by atoms with Crippen molar-refractivity contribution < 1.29 is 0 Å². The Labute approximate surface area is 381 Å². The van der Waals surface area contributed by atoms with Crippen molar-refractivity contribution in [3.8, 4) is 73.6 Å². The number of hydrogen-bond donors (Lipinski definition) is 0. The molecule has 6 nitrogen and oxygen atoms in total. The van der Waals surface area contributed by atoms with Crippen LogP contribution in [0.15, 0.2) is 218 Å². The number of fused-ring (bicyclic) bond motifs is 6. The summed E-state index contributed by atoms with van der Waals surface area (Å²) in [6.07, 6.45) is 0. The third-order valence-corrected chi connectivity index (χ3v) is 12.6. The molecule has 0 aliphatic heterocycles. The van der Waals surface area contributed by atoms with Crippen molar-refractivity contribution in [1.29, 1.82) is 5.26 Å². The number of para-hydroxylation sites is 4. The average Bonchev–Trinajstić information content (AvgIpc) is 3.91. The molecule has 0 unspecified atom stereocenters. The van der Waals surface area contributed by atoms with Gasteiger partial charge in [0.25, 0.3) is 0 Å². The summed E-state index contributed by atoms with van der Waals surface area (Å²) in [7, 11) is 0. The van der Waals surface area contributed by atoms with Crippen LogP contribution in [0.2, 0.25) is 0 Å². The number of nitrogens with zero attached hydrogens (tertiary/aromatic N) is 6. The van der Waals surface area contributed by atoms with E-state index in [1.807, 2.05) is 48.5 Å². The molecule has 0 saturated heterocycles. The highest BCUT2D eigenvalue weighted by Gasteiger charge is 2.22. The zero-order chi connectivity index (χ0) is 44.1. The molecule has 0 fully saturated rings. The summed E-state index contributed by atoms with van der Waals surface area (Å²) < 4.78 is 4.77. The molecule has 3 aromatic heterocycles. The monoisotopic (exact) mass is 840 g/mol. The number of hydrogen-bond acceptors (Lipinski definition) is 3. The first-order valence-electron chi connectivity index (χ1n) is 21.8. The van der Waals surface area contributed by atoms with Gasteiger partial charge in [0.2, 0.25) is 0 Å². The molecule has 0 bridgehead atoms. The van der Waals surface area contributed by atoms with Gasteiger partial charge in [0, 0.05) is 54.9 Å². The fraction of sp³-hybridized carbons (Fsp3) is 0. The number of nitriles is 1. The highest BCUT2D eigenvalue weighted by atomic mass is 15.0. The van der Waals surface area contributed by atoms with E-state index in [4.69, 9.17) is 16.5 Å². The Morgan fingerprint density at radius 3 is 1.58 bits per heavy atom. The Hall–Kier alpha value is -9.36. The molecule has 0 aliphatic carbocycles. The van der Waals surface area contributed by atoms with Crippen molar-refractivity contribution in [2.24, 2.45) is 0 Å². The minimum Gasteiger partial charge on any atom is -0.309 e. The standard InChI is InChI=1S/C60H36N6/c1-62-45-33-39(38-61)32-44(34-45)42-28-30-58-50(35-42)48-22-10-15-27-57(48)66(58)59-31-29-43(53-37-52(40-16-4-2-5-17-40)63-60(64-53)41-18-6-3-7-19-41)36-51(59)49-23-11-14-26-56(49)65-54-24-12-8-20-46(54)47-21-9-13-25-55(47)65/h2-37H. The third-order valence-electron chi connectivity index (χ3n) is 12.6. The molecule has 0 atom stereocenters. The van der Waals surface area contributed by atoms with E-state index in [1.54, 1.807) is 6.07 Å². The lowest BCUT2D eigenvalue weighted by atomic mass is 9.96. The Balaban J connectivity index is 1.15. The van der Waals surface area contributed by atoms with Crippen LogP contribution < -0.4 is 0 Å². The maximum atomic E-state index is 9.83. The minimum atomic E-state index is 0.439. The second-order valence-corrected chi connectivity index (χ2v) is 16.4. The summed E-state index contributed by atoms with van der Waals surface area (Å²) in [4.78, 5) is 14.1. The van der Waals surface area contributed by atoms with Gasteiger partial charge in [-0.3, -0.25) is 0 Å². The summed E-state index contributed by atoms with van der Waals surface area (Å²) in [5.74, 6) is 0.658. The second kappa shape index (κ2) is 15.8. The SMILES string of the molecule is [C-]#[N+]c1cc(C#N)cc(-c2ccc3c(c2)c2ccccc2n3-c2ccc(-c3cc(-c4ccccc4)nc(-c4ccccc4)n3)cc2-c2ccccc2-n2c3ccccc3c3ccccc32)c1. The van der Waals surface area contributed by atoms with Gasteiger partial charge in [-0.2, -0.15) is 5.26 Å². The molecule has 12 aromatic rings. The van der Waals surface area contributed by atoms with Crippen molar-refractivity contribution >= 4 is 49.3 Å². The number of benzene rings is 9. The molecule has 66 heavy (non-hydrogen) atoms. The van der Waals surface area contributed by atoms with Crippen LogP contribution in [0.25, 0.3) is 116 Å². The number of aromatic nitrogens is 4. The van der Waals surface area contributed by atoms with Crippen LogP contribution >= 0.6 is 0 Å². The second-order valence-electron chi connectivity index (χ2n) is 16.4. The smallest absolute Gasteiger partial charge is 0.189 e. The van der Waals surface area contributed by atoms with E-state index < -0.39 is 0 Å². The zero-order valence-corrected chi connectivity index (χ0v) is 35.5. The normalized spacial score (nSPS) is 11.3. The van der Waals surface area contributed by atoms with Gasteiger partial charge in [-0.1, -0.05) is 146 Å². The highest BCUT2D eigenvalue weighted by molar-refractivity contribution is 6.12. The van der Waals surface area contributed by atoms with Gasteiger partial charge in [0.05, 0.1) is 57.5 Å². The molecule has 9 aromatic carbocycles. The minimum absolute atomic E-state index is 0.439. The molecule has 306 valence electrons. The quantitative estimate of drug-likeness (QED) is 0.150. The van der Waals surface area contributed by atoms with Gasteiger partial charge >= 0.3 is 0 Å². The Morgan fingerprint density at radius 1 is 0.394 bits per heavy atom. The molecule has 0 saturated carbocycles. The molecule has 0 N–H and O–H groups in total. The lowest BCUT2D eigenvalue weighted by Crippen LogP contribution is -2.02. The van der Waals surface area contributed by atoms with Gasteiger partial charge in [0.1, 0.15) is 0 Å². The van der Waals surface area contributed by atoms with E-state index >= 15 is 0 Å². The van der Waals surface area contributed by atoms with Crippen molar-refractivity contribution in [3.05, 3.63) is 235 Å². The van der Waals surface area contributed by atoms with Crippen LogP contribution in [0.5, 0.6) is 0 Å². The van der Waals surface area contributed by atoms with Crippen LogP contribution in [0, 0.1) is 17.9 Å². The van der Waals surface area contributed by atoms with Crippen LogP contribution in [-0.2, 0) is 0 Å². The predicted molar refractivity (Wildman–Crippen MR) is 269 cm³/mol. The van der Waals surface area contributed by atoms with Crippen molar-refractivity contribution in [3.63, 3.8) is 0 Å². The van der Waals surface area contributed by atoms with E-state index in [0.29, 0.717) is 17.1 Å². The van der Waals surface area contributed by atoms with Crippen LogP contribution in [0.3, 0.4) is 0 Å². The van der Waals surface area contributed by atoms with Gasteiger partial charge < -0.3 is 9.13 Å². The maximum Gasteiger partial charge on any atom is 0.189 e. The van der Waals surface area contributed by atoms with E-state index in [1.165, 1.54) is 10.8 Å². The molecule has 12 rings (SSSR count). The van der Waals surface area contributed by atoms with Crippen LogP contribution in [0.1, 0.15) is 5.56 Å². The van der Waals surface area contributed by atoms with E-state index in [9.17, 15) is 5.26 Å².